The van der Waals surface area contributed by atoms with E-state index in [4.69, 9.17) is 9.47 Å². The molecule has 1 N–H and O–H groups in total. The Hall–Kier alpha value is -2.11. The van der Waals surface area contributed by atoms with E-state index in [1.165, 1.54) is 0 Å². The van der Waals surface area contributed by atoms with Crippen molar-refractivity contribution >= 4 is 12.1 Å². The highest BCUT2D eigenvalue weighted by molar-refractivity contribution is 5.81. The van der Waals surface area contributed by atoms with Crippen LogP contribution >= 0.6 is 0 Å². The van der Waals surface area contributed by atoms with Crippen molar-refractivity contribution in [2.45, 2.75) is 78.1 Å². The predicted molar refractivity (Wildman–Crippen MR) is 108 cm³/mol. The topological polar surface area (TPSA) is 64.6 Å². The summed E-state index contributed by atoms with van der Waals surface area (Å²) in [5.41, 5.74) is 0.302. The Morgan fingerprint density at radius 2 is 1.79 bits per heavy atom. The van der Waals surface area contributed by atoms with Crippen molar-refractivity contribution in [2.24, 2.45) is 5.92 Å². The summed E-state index contributed by atoms with van der Waals surface area (Å²) >= 11 is 0. The fraction of sp³-hybridized carbons (Fsp3) is 0.636. The fourth-order valence-electron chi connectivity index (χ4n) is 2.69. The van der Waals surface area contributed by atoms with Crippen molar-refractivity contribution < 1.29 is 23.5 Å². The van der Waals surface area contributed by atoms with Gasteiger partial charge in [-0.05, 0) is 51.5 Å². The molecule has 1 amide bonds. The van der Waals surface area contributed by atoms with Crippen LogP contribution in [-0.4, -0.2) is 36.5 Å². The van der Waals surface area contributed by atoms with Gasteiger partial charge in [0, 0.05) is 6.42 Å². The first-order valence-electron chi connectivity index (χ1n) is 9.91. The van der Waals surface area contributed by atoms with Gasteiger partial charge in [0.2, 0.25) is 0 Å². The SMILES string of the molecule is CC(C)C[C@H](NC(=O)OC(C)(C)C)C(=O)OCCCC(F)Cc1ccccc1. The number of alkyl halides is 1. The lowest BCUT2D eigenvalue weighted by molar-refractivity contribution is -0.146. The van der Waals surface area contributed by atoms with Crippen LogP contribution in [0.5, 0.6) is 0 Å². The van der Waals surface area contributed by atoms with Crippen molar-refractivity contribution in [3.63, 3.8) is 0 Å². The normalized spacial score (nSPS) is 13.7. The molecule has 2 atom stereocenters. The summed E-state index contributed by atoms with van der Waals surface area (Å²) in [7, 11) is 0. The van der Waals surface area contributed by atoms with Crippen molar-refractivity contribution in [1.29, 1.82) is 0 Å². The highest BCUT2D eigenvalue weighted by atomic mass is 19.1. The third-order valence-electron chi connectivity index (χ3n) is 3.89. The first kappa shape index (κ1) is 23.9. The Kier molecular flexibility index (Phi) is 9.97. The van der Waals surface area contributed by atoms with Crippen LogP contribution in [0.15, 0.2) is 30.3 Å². The second-order valence-electron chi connectivity index (χ2n) is 8.43. The standard InChI is InChI=1S/C22H34FNO4/c1-16(2)14-19(24-21(26)28-22(3,4)5)20(25)27-13-9-12-18(23)15-17-10-7-6-8-11-17/h6-8,10-11,16,18-19H,9,12-15H2,1-5H3,(H,24,26)/t18?,19-/m0/s1. The molecule has 0 fully saturated rings. The Labute approximate surface area is 168 Å². The largest absolute Gasteiger partial charge is 0.464 e. The number of nitrogens with one attached hydrogen (secondary N) is 1. The first-order chi connectivity index (χ1) is 13.1. The highest BCUT2D eigenvalue weighted by Crippen LogP contribution is 2.13. The van der Waals surface area contributed by atoms with E-state index in [-0.39, 0.29) is 12.5 Å². The number of hydrogen-bond acceptors (Lipinski definition) is 4. The minimum Gasteiger partial charge on any atom is -0.464 e. The van der Waals surface area contributed by atoms with Crippen molar-refractivity contribution in [3.8, 4) is 0 Å². The third kappa shape index (κ3) is 10.9. The molecule has 0 aliphatic carbocycles. The van der Waals surface area contributed by atoms with Gasteiger partial charge in [-0.2, -0.15) is 0 Å². The lowest BCUT2D eigenvalue weighted by Crippen LogP contribution is -2.45. The van der Waals surface area contributed by atoms with E-state index in [0.717, 1.165) is 5.56 Å². The zero-order chi connectivity index (χ0) is 21.2. The molecule has 6 heteroatoms. The summed E-state index contributed by atoms with van der Waals surface area (Å²) in [6.07, 6.45) is -0.0888. The van der Waals surface area contributed by atoms with Gasteiger partial charge in [0.05, 0.1) is 6.61 Å². The molecule has 1 aromatic rings. The van der Waals surface area contributed by atoms with Crippen molar-refractivity contribution in [3.05, 3.63) is 35.9 Å². The molecule has 0 saturated carbocycles. The fourth-order valence-corrected chi connectivity index (χ4v) is 2.69. The average molecular weight is 396 g/mol. The molecule has 0 aliphatic rings. The second-order valence-corrected chi connectivity index (χ2v) is 8.43. The average Bonchev–Trinajstić information content (AvgIpc) is 2.56. The van der Waals surface area contributed by atoms with Gasteiger partial charge in [-0.3, -0.25) is 0 Å². The van der Waals surface area contributed by atoms with E-state index in [9.17, 15) is 14.0 Å². The van der Waals surface area contributed by atoms with E-state index in [1.807, 2.05) is 44.2 Å². The molecule has 28 heavy (non-hydrogen) atoms. The van der Waals surface area contributed by atoms with Crippen LogP contribution in [0.1, 0.15) is 59.4 Å². The molecule has 0 spiro atoms. The van der Waals surface area contributed by atoms with E-state index in [1.54, 1.807) is 20.8 Å². The first-order valence-corrected chi connectivity index (χ1v) is 9.91. The molecule has 0 aliphatic heterocycles. The van der Waals surface area contributed by atoms with E-state index >= 15 is 0 Å². The molecule has 1 rings (SSSR count). The van der Waals surface area contributed by atoms with E-state index in [0.29, 0.717) is 25.7 Å². The summed E-state index contributed by atoms with van der Waals surface area (Å²) in [4.78, 5) is 24.3. The van der Waals surface area contributed by atoms with Crippen molar-refractivity contribution in [1.82, 2.24) is 5.32 Å². The minimum atomic E-state index is -0.979. The minimum absolute atomic E-state index is 0.124. The van der Waals surface area contributed by atoms with Crippen LogP contribution < -0.4 is 5.32 Å². The zero-order valence-corrected chi connectivity index (χ0v) is 17.7. The van der Waals surface area contributed by atoms with Gasteiger partial charge < -0.3 is 14.8 Å². The van der Waals surface area contributed by atoms with Gasteiger partial charge in [0.1, 0.15) is 17.8 Å². The maximum Gasteiger partial charge on any atom is 0.408 e. The molecule has 0 radical (unpaired) electrons. The summed E-state index contributed by atoms with van der Waals surface area (Å²) in [6.45, 7) is 9.29. The molecule has 0 bridgehead atoms. The molecule has 0 saturated heterocycles. The molecule has 158 valence electrons. The van der Waals surface area contributed by atoms with Crippen LogP contribution in [0.4, 0.5) is 9.18 Å². The number of esters is 1. The van der Waals surface area contributed by atoms with Gasteiger partial charge in [-0.15, -0.1) is 0 Å². The number of carbonyl (C=O) groups excluding carboxylic acids is 2. The molecular weight excluding hydrogens is 361 g/mol. The molecule has 1 aromatic carbocycles. The van der Waals surface area contributed by atoms with Crippen LogP contribution in [0.3, 0.4) is 0 Å². The summed E-state index contributed by atoms with van der Waals surface area (Å²) in [5.74, 6) is -0.327. The van der Waals surface area contributed by atoms with Crippen LogP contribution in [0.2, 0.25) is 0 Å². The number of hydrogen-bond donors (Lipinski definition) is 1. The monoisotopic (exact) mass is 395 g/mol. The zero-order valence-electron chi connectivity index (χ0n) is 17.7. The number of halogens is 1. The maximum atomic E-state index is 14.1. The molecule has 0 heterocycles. The number of benzene rings is 1. The lowest BCUT2D eigenvalue weighted by atomic mass is 10.0. The highest BCUT2D eigenvalue weighted by Gasteiger charge is 2.26. The second kappa shape index (κ2) is 11.7. The number of rotatable bonds is 10. The molecule has 5 nitrogen and oxygen atoms in total. The Bertz CT molecular complexity index is 598. The number of amides is 1. The third-order valence-corrected chi connectivity index (χ3v) is 3.89. The smallest absolute Gasteiger partial charge is 0.408 e. The number of ether oxygens (including phenoxy) is 2. The van der Waals surface area contributed by atoms with Gasteiger partial charge in [0.15, 0.2) is 0 Å². The lowest BCUT2D eigenvalue weighted by Gasteiger charge is -2.23. The Balaban J connectivity index is 2.40. The predicted octanol–water partition coefficient (Wildman–Crippen LogP) is 4.83. The summed E-state index contributed by atoms with van der Waals surface area (Å²) in [5, 5.41) is 2.58. The van der Waals surface area contributed by atoms with Crippen LogP contribution in [-0.2, 0) is 20.7 Å². The number of alkyl carbamates (subject to hydrolysis) is 1. The van der Waals surface area contributed by atoms with E-state index < -0.39 is 29.9 Å². The molecule has 0 aromatic heterocycles. The quantitative estimate of drug-likeness (QED) is 0.455. The Morgan fingerprint density at radius 3 is 2.36 bits per heavy atom. The molecule has 1 unspecified atom stereocenters. The van der Waals surface area contributed by atoms with Crippen molar-refractivity contribution in [2.75, 3.05) is 6.61 Å². The van der Waals surface area contributed by atoms with Gasteiger partial charge in [-0.25, -0.2) is 14.0 Å². The van der Waals surface area contributed by atoms with Gasteiger partial charge in [-0.1, -0.05) is 44.2 Å². The van der Waals surface area contributed by atoms with Crippen LogP contribution in [0.25, 0.3) is 0 Å². The van der Waals surface area contributed by atoms with Gasteiger partial charge >= 0.3 is 12.1 Å². The summed E-state index contributed by atoms with van der Waals surface area (Å²) in [6, 6.07) is 8.68. The van der Waals surface area contributed by atoms with Gasteiger partial charge in [0.25, 0.3) is 0 Å². The summed E-state index contributed by atoms with van der Waals surface area (Å²) < 4.78 is 24.5. The maximum absolute atomic E-state index is 14.1. The van der Waals surface area contributed by atoms with E-state index in [2.05, 4.69) is 5.32 Å². The van der Waals surface area contributed by atoms with Crippen LogP contribution in [0, 0.1) is 5.92 Å². The number of carbonyl (C=O) groups is 2. The molecular formula is C22H34FNO4. The Morgan fingerprint density at radius 1 is 1.14 bits per heavy atom.